The summed E-state index contributed by atoms with van der Waals surface area (Å²) in [6.07, 6.45) is -4.73. The van der Waals surface area contributed by atoms with Crippen LogP contribution in [0.3, 0.4) is 0 Å². The van der Waals surface area contributed by atoms with Crippen molar-refractivity contribution in [1.82, 2.24) is 10.2 Å². The zero-order valence-electron chi connectivity index (χ0n) is 16.8. The van der Waals surface area contributed by atoms with Crippen LogP contribution in [0.2, 0.25) is 0 Å². The van der Waals surface area contributed by atoms with Crippen molar-refractivity contribution in [2.45, 2.75) is 12.9 Å². The van der Waals surface area contributed by atoms with Crippen LogP contribution in [0.4, 0.5) is 18.9 Å². The van der Waals surface area contributed by atoms with Crippen LogP contribution in [0.5, 0.6) is 5.75 Å². The first-order chi connectivity index (χ1) is 14.8. The lowest BCUT2D eigenvalue weighted by Crippen LogP contribution is -2.51. The van der Waals surface area contributed by atoms with Crippen LogP contribution in [0.25, 0.3) is 0 Å². The SMILES string of the molecule is NC(=NCc1ccc(OC(F)(F)F)cc1)NCC(=O)N1CCN(c2ccccc2)CC1. The average molecular weight is 435 g/mol. The maximum Gasteiger partial charge on any atom is 0.573 e. The number of nitrogens with two attached hydrogens (primary N) is 1. The highest BCUT2D eigenvalue weighted by atomic mass is 19.4. The zero-order valence-corrected chi connectivity index (χ0v) is 16.8. The minimum absolute atomic E-state index is 0.0268. The number of ether oxygens (including phenoxy) is 1. The number of alkyl halides is 3. The number of hydrogen-bond acceptors (Lipinski definition) is 4. The van der Waals surface area contributed by atoms with Crippen LogP contribution in [-0.4, -0.2) is 55.9 Å². The van der Waals surface area contributed by atoms with E-state index in [9.17, 15) is 18.0 Å². The fourth-order valence-electron chi connectivity index (χ4n) is 3.16. The molecule has 2 aromatic rings. The summed E-state index contributed by atoms with van der Waals surface area (Å²) in [6.45, 7) is 2.95. The van der Waals surface area contributed by atoms with Crippen molar-refractivity contribution in [2.24, 2.45) is 10.7 Å². The van der Waals surface area contributed by atoms with E-state index in [4.69, 9.17) is 5.73 Å². The van der Waals surface area contributed by atoms with E-state index in [1.54, 1.807) is 4.90 Å². The Kier molecular flexibility index (Phi) is 7.22. The lowest BCUT2D eigenvalue weighted by Gasteiger charge is -2.36. The molecule has 0 radical (unpaired) electrons. The van der Waals surface area contributed by atoms with Gasteiger partial charge in [-0.05, 0) is 29.8 Å². The average Bonchev–Trinajstić information content (AvgIpc) is 2.76. The topological polar surface area (TPSA) is 83.2 Å². The molecule has 1 fully saturated rings. The summed E-state index contributed by atoms with van der Waals surface area (Å²) in [5.41, 5.74) is 7.59. The summed E-state index contributed by atoms with van der Waals surface area (Å²) in [5.74, 6) is -0.282. The number of guanidine groups is 1. The van der Waals surface area contributed by atoms with Crippen LogP contribution in [-0.2, 0) is 11.3 Å². The second kappa shape index (κ2) is 10.1. The van der Waals surface area contributed by atoms with Gasteiger partial charge in [0.25, 0.3) is 0 Å². The smallest absolute Gasteiger partial charge is 0.406 e. The molecule has 3 rings (SSSR count). The van der Waals surface area contributed by atoms with E-state index >= 15 is 0 Å². The largest absolute Gasteiger partial charge is 0.573 e. The van der Waals surface area contributed by atoms with Gasteiger partial charge < -0.3 is 25.6 Å². The third-order valence-electron chi connectivity index (χ3n) is 4.76. The number of carbonyl (C=O) groups is 1. The Morgan fingerprint density at radius 1 is 1.03 bits per heavy atom. The van der Waals surface area contributed by atoms with Gasteiger partial charge in [0.05, 0.1) is 13.1 Å². The highest BCUT2D eigenvalue weighted by Crippen LogP contribution is 2.22. The molecule has 0 aliphatic carbocycles. The van der Waals surface area contributed by atoms with Gasteiger partial charge in [0.2, 0.25) is 5.91 Å². The molecule has 1 aliphatic heterocycles. The first-order valence-electron chi connectivity index (χ1n) is 9.76. The highest BCUT2D eigenvalue weighted by Gasteiger charge is 2.30. The summed E-state index contributed by atoms with van der Waals surface area (Å²) in [5, 5.41) is 2.78. The monoisotopic (exact) mass is 435 g/mol. The van der Waals surface area contributed by atoms with Crippen molar-refractivity contribution in [3.63, 3.8) is 0 Å². The van der Waals surface area contributed by atoms with E-state index in [1.807, 2.05) is 30.3 Å². The van der Waals surface area contributed by atoms with Crippen LogP contribution < -0.4 is 20.7 Å². The molecule has 0 aromatic heterocycles. The van der Waals surface area contributed by atoms with Crippen LogP contribution >= 0.6 is 0 Å². The van der Waals surface area contributed by atoms with Gasteiger partial charge in [-0.2, -0.15) is 0 Å². The number of nitrogens with one attached hydrogen (secondary N) is 1. The second-order valence-corrected chi connectivity index (χ2v) is 6.95. The number of halogens is 3. The number of anilines is 1. The number of carbonyl (C=O) groups excluding carboxylic acids is 1. The molecule has 1 amide bonds. The molecule has 166 valence electrons. The predicted octanol–water partition coefficient (Wildman–Crippen LogP) is 2.34. The summed E-state index contributed by atoms with van der Waals surface area (Å²) >= 11 is 0. The van der Waals surface area contributed by atoms with Gasteiger partial charge in [0.15, 0.2) is 5.96 Å². The van der Waals surface area contributed by atoms with Crippen molar-refractivity contribution in [3.05, 3.63) is 60.2 Å². The Hall–Kier alpha value is -3.43. The number of hydrogen-bond donors (Lipinski definition) is 2. The second-order valence-electron chi connectivity index (χ2n) is 6.95. The Labute approximate surface area is 178 Å². The lowest BCUT2D eigenvalue weighted by molar-refractivity contribution is -0.274. The zero-order chi connectivity index (χ0) is 22.3. The van der Waals surface area contributed by atoms with E-state index in [-0.39, 0.29) is 30.7 Å². The molecule has 1 aliphatic rings. The molecule has 10 heteroatoms. The van der Waals surface area contributed by atoms with Gasteiger partial charge in [-0.25, -0.2) is 4.99 Å². The van der Waals surface area contributed by atoms with Crippen LogP contribution in [0.1, 0.15) is 5.56 Å². The molecule has 0 bridgehead atoms. The van der Waals surface area contributed by atoms with Gasteiger partial charge in [-0.15, -0.1) is 13.2 Å². The fraction of sp³-hybridized carbons (Fsp3) is 0.333. The van der Waals surface area contributed by atoms with E-state index in [2.05, 4.69) is 19.9 Å². The quantitative estimate of drug-likeness (QED) is 0.538. The minimum atomic E-state index is -4.73. The lowest BCUT2D eigenvalue weighted by atomic mass is 10.2. The Bertz CT molecular complexity index is 880. The Balaban J connectivity index is 1.40. The maximum atomic E-state index is 12.4. The van der Waals surface area contributed by atoms with Gasteiger partial charge in [0.1, 0.15) is 5.75 Å². The van der Waals surface area contributed by atoms with Gasteiger partial charge >= 0.3 is 6.36 Å². The normalized spacial score (nSPS) is 15.0. The Morgan fingerprint density at radius 2 is 1.68 bits per heavy atom. The number of aliphatic imine (C=N–C) groups is 1. The molecule has 0 saturated carbocycles. The number of rotatable bonds is 6. The number of nitrogens with zero attached hydrogens (tertiary/aromatic N) is 3. The number of amides is 1. The molecular formula is C21H24F3N5O2. The molecule has 3 N–H and O–H groups in total. The van der Waals surface area contributed by atoms with E-state index in [1.165, 1.54) is 24.3 Å². The van der Waals surface area contributed by atoms with Gasteiger partial charge in [0, 0.05) is 31.9 Å². The number of piperazine rings is 1. The summed E-state index contributed by atoms with van der Waals surface area (Å²) in [6, 6.07) is 15.4. The van der Waals surface area contributed by atoms with Crippen molar-refractivity contribution >= 4 is 17.6 Å². The summed E-state index contributed by atoms with van der Waals surface area (Å²) in [7, 11) is 0. The number of para-hydroxylation sites is 1. The van der Waals surface area contributed by atoms with Crippen molar-refractivity contribution < 1.29 is 22.7 Å². The molecule has 0 spiro atoms. The molecule has 0 atom stereocenters. The number of benzene rings is 2. The third kappa shape index (κ3) is 7.09. The van der Waals surface area contributed by atoms with Crippen molar-refractivity contribution in [3.8, 4) is 5.75 Å². The first-order valence-corrected chi connectivity index (χ1v) is 9.76. The molecule has 2 aromatic carbocycles. The first kappa shape index (κ1) is 22.3. The summed E-state index contributed by atoms with van der Waals surface area (Å²) in [4.78, 5) is 20.5. The maximum absolute atomic E-state index is 12.4. The van der Waals surface area contributed by atoms with Crippen LogP contribution in [0.15, 0.2) is 59.6 Å². The fourth-order valence-corrected chi connectivity index (χ4v) is 3.16. The van der Waals surface area contributed by atoms with E-state index in [0.717, 1.165) is 18.8 Å². The van der Waals surface area contributed by atoms with Crippen LogP contribution in [0, 0.1) is 0 Å². The molecule has 0 unspecified atom stereocenters. The Morgan fingerprint density at radius 3 is 2.29 bits per heavy atom. The molecule has 31 heavy (non-hydrogen) atoms. The molecule has 1 saturated heterocycles. The van der Waals surface area contributed by atoms with Crippen molar-refractivity contribution in [1.29, 1.82) is 0 Å². The minimum Gasteiger partial charge on any atom is -0.406 e. The standard InChI is InChI=1S/C21H24F3N5O2/c22-21(23,24)31-18-8-6-16(7-9-18)14-26-20(25)27-15-19(30)29-12-10-28(11-13-29)17-4-2-1-3-5-17/h1-9H,10-15H2,(H3,25,26,27). The van der Waals surface area contributed by atoms with Gasteiger partial charge in [-0.3, -0.25) is 4.79 Å². The summed E-state index contributed by atoms with van der Waals surface area (Å²) < 4.78 is 40.3. The van der Waals surface area contributed by atoms with E-state index in [0.29, 0.717) is 18.7 Å². The molecule has 7 nitrogen and oxygen atoms in total. The molecular weight excluding hydrogens is 411 g/mol. The highest BCUT2D eigenvalue weighted by molar-refractivity contribution is 5.85. The van der Waals surface area contributed by atoms with Crippen molar-refractivity contribution in [2.75, 3.05) is 37.6 Å². The predicted molar refractivity (Wildman–Crippen MR) is 112 cm³/mol. The van der Waals surface area contributed by atoms with E-state index < -0.39 is 6.36 Å². The molecule has 1 heterocycles. The third-order valence-corrected chi connectivity index (χ3v) is 4.76. The van der Waals surface area contributed by atoms with Gasteiger partial charge in [-0.1, -0.05) is 30.3 Å².